The minimum absolute atomic E-state index is 0.185. The maximum Gasteiger partial charge on any atom is 0.122 e. The van der Waals surface area contributed by atoms with Crippen molar-refractivity contribution >= 4 is 50.7 Å². The van der Waals surface area contributed by atoms with E-state index in [4.69, 9.17) is 23.2 Å². The zero-order chi connectivity index (χ0) is 15.1. The lowest BCUT2D eigenvalue weighted by atomic mass is 10.2. The number of nitrogens with zero attached hydrogens (tertiary/aromatic N) is 2. The molecular weight excluding hydrogens is 331 g/mol. The average Bonchev–Trinajstić information content (AvgIpc) is 2.96. The standard InChI is InChI=1S/C14H10Cl2N2O2S/c1-7-8-5-12(14(19)20)21-13(8)18(17-7)6-9-10(15)3-2-4-11(9)16/h2-5H,6H2,1H3,(H,19,20)/p-1. The average molecular weight is 340 g/mol. The number of aromatic nitrogens is 2. The van der Waals surface area contributed by atoms with Crippen LogP contribution in [0, 0.1) is 6.92 Å². The molecule has 0 fully saturated rings. The van der Waals surface area contributed by atoms with Crippen LogP contribution in [0.15, 0.2) is 24.3 Å². The second-order valence-corrected chi connectivity index (χ2v) is 6.41. The van der Waals surface area contributed by atoms with Crippen LogP contribution in [0.5, 0.6) is 0 Å². The highest BCUT2D eigenvalue weighted by molar-refractivity contribution is 7.20. The maximum atomic E-state index is 11.0. The molecule has 0 saturated carbocycles. The molecule has 0 aliphatic rings. The maximum absolute atomic E-state index is 11.0. The van der Waals surface area contributed by atoms with Gasteiger partial charge in [0.15, 0.2) is 0 Å². The summed E-state index contributed by atoms with van der Waals surface area (Å²) in [6.07, 6.45) is 0. The number of aryl methyl sites for hydroxylation is 1. The molecule has 0 aliphatic carbocycles. The zero-order valence-electron chi connectivity index (χ0n) is 10.9. The SMILES string of the molecule is Cc1nn(Cc2c(Cl)cccc2Cl)c2sc(C(=O)[O-])cc12. The summed E-state index contributed by atoms with van der Waals surface area (Å²) < 4.78 is 1.72. The summed E-state index contributed by atoms with van der Waals surface area (Å²) in [6.45, 7) is 2.22. The lowest BCUT2D eigenvalue weighted by Gasteiger charge is -2.07. The van der Waals surface area contributed by atoms with Crippen molar-refractivity contribution in [2.24, 2.45) is 0 Å². The molecule has 0 amide bonds. The molecule has 3 rings (SSSR count). The molecule has 108 valence electrons. The predicted molar refractivity (Wildman–Crippen MR) is 82.2 cm³/mol. The van der Waals surface area contributed by atoms with E-state index in [1.54, 1.807) is 28.9 Å². The molecule has 0 radical (unpaired) electrons. The van der Waals surface area contributed by atoms with Crippen LogP contribution in [-0.4, -0.2) is 15.7 Å². The molecule has 0 unspecified atom stereocenters. The second kappa shape index (κ2) is 5.33. The van der Waals surface area contributed by atoms with E-state index in [0.717, 1.165) is 32.8 Å². The summed E-state index contributed by atoms with van der Waals surface area (Å²) >= 11 is 13.5. The molecule has 4 nitrogen and oxygen atoms in total. The molecule has 0 saturated heterocycles. The predicted octanol–water partition coefficient (Wildman–Crippen LogP) is 3.12. The van der Waals surface area contributed by atoms with E-state index in [1.807, 2.05) is 6.92 Å². The van der Waals surface area contributed by atoms with Crippen LogP contribution in [0.25, 0.3) is 10.2 Å². The number of rotatable bonds is 3. The molecule has 7 heteroatoms. The van der Waals surface area contributed by atoms with Crippen LogP contribution in [0.1, 0.15) is 20.9 Å². The number of carboxylic acid groups (broad SMARTS) is 1. The highest BCUT2D eigenvalue weighted by Gasteiger charge is 2.15. The van der Waals surface area contributed by atoms with Gasteiger partial charge in [-0.3, -0.25) is 0 Å². The normalized spacial score (nSPS) is 11.2. The summed E-state index contributed by atoms with van der Waals surface area (Å²) in [5, 5.41) is 17.3. The molecule has 3 aromatic rings. The van der Waals surface area contributed by atoms with Gasteiger partial charge in [-0.1, -0.05) is 29.3 Å². The van der Waals surface area contributed by atoms with Gasteiger partial charge in [0.2, 0.25) is 0 Å². The van der Waals surface area contributed by atoms with E-state index in [1.165, 1.54) is 0 Å². The molecule has 0 atom stereocenters. The molecular formula is C14H9Cl2N2O2S-. The van der Waals surface area contributed by atoms with Gasteiger partial charge in [0.1, 0.15) is 4.83 Å². The summed E-state index contributed by atoms with van der Waals surface area (Å²) in [6, 6.07) is 6.88. The van der Waals surface area contributed by atoms with Gasteiger partial charge in [-0.25, -0.2) is 4.68 Å². The third-order valence-corrected chi connectivity index (χ3v) is 5.01. The lowest BCUT2D eigenvalue weighted by Crippen LogP contribution is -2.20. The molecule has 2 aromatic heterocycles. The molecule has 0 bridgehead atoms. The fourth-order valence-electron chi connectivity index (χ4n) is 2.15. The summed E-state index contributed by atoms with van der Waals surface area (Å²) in [7, 11) is 0. The number of benzene rings is 1. The first-order valence-corrected chi connectivity index (χ1v) is 7.66. The van der Waals surface area contributed by atoms with Gasteiger partial charge in [0.25, 0.3) is 0 Å². The first kappa shape index (κ1) is 14.4. The number of fused-ring (bicyclic) bond motifs is 1. The van der Waals surface area contributed by atoms with Crippen molar-refractivity contribution in [3.8, 4) is 0 Å². The quantitative estimate of drug-likeness (QED) is 0.736. The molecule has 0 N–H and O–H groups in total. The van der Waals surface area contributed by atoms with E-state index in [9.17, 15) is 9.90 Å². The molecule has 21 heavy (non-hydrogen) atoms. The van der Waals surface area contributed by atoms with Gasteiger partial charge in [-0.05, 0) is 25.1 Å². The fraction of sp³-hybridized carbons (Fsp3) is 0.143. The number of hydrogen-bond donors (Lipinski definition) is 0. The molecule has 0 spiro atoms. The Bertz CT molecular complexity index is 834. The lowest BCUT2D eigenvalue weighted by molar-refractivity contribution is -0.254. The van der Waals surface area contributed by atoms with Crippen molar-refractivity contribution in [2.45, 2.75) is 13.5 Å². The number of thiophene rings is 1. The molecule has 2 heterocycles. The van der Waals surface area contributed by atoms with Crippen LogP contribution >= 0.6 is 34.5 Å². The van der Waals surface area contributed by atoms with E-state index >= 15 is 0 Å². The Kier molecular flexibility index (Phi) is 3.65. The largest absolute Gasteiger partial charge is 0.544 e. The van der Waals surface area contributed by atoms with Crippen molar-refractivity contribution in [3.05, 3.63) is 50.4 Å². The minimum Gasteiger partial charge on any atom is -0.544 e. The van der Waals surface area contributed by atoms with Gasteiger partial charge < -0.3 is 9.90 Å². The Labute approximate surface area is 134 Å². The van der Waals surface area contributed by atoms with Crippen molar-refractivity contribution in [1.29, 1.82) is 0 Å². The van der Waals surface area contributed by atoms with Crippen molar-refractivity contribution in [3.63, 3.8) is 0 Å². The summed E-state index contributed by atoms with van der Waals surface area (Å²) in [4.78, 5) is 11.9. The first-order chi connectivity index (χ1) is 9.97. The highest BCUT2D eigenvalue weighted by atomic mass is 35.5. The zero-order valence-corrected chi connectivity index (χ0v) is 13.2. The van der Waals surface area contributed by atoms with Gasteiger partial charge >= 0.3 is 0 Å². The number of carbonyl (C=O) groups excluding carboxylic acids is 1. The second-order valence-electron chi connectivity index (χ2n) is 4.56. The van der Waals surface area contributed by atoms with E-state index in [-0.39, 0.29) is 4.88 Å². The van der Waals surface area contributed by atoms with Gasteiger partial charge in [0, 0.05) is 21.0 Å². The van der Waals surface area contributed by atoms with Crippen LogP contribution in [0.3, 0.4) is 0 Å². The van der Waals surface area contributed by atoms with Crippen LogP contribution in [-0.2, 0) is 6.54 Å². The van der Waals surface area contributed by atoms with Gasteiger partial charge in [0.05, 0.1) is 23.1 Å². The van der Waals surface area contributed by atoms with E-state index < -0.39 is 5.97 Å². The van der Waals surface area contributed by atoms with Crippen LogP contribution in [0.4, 0.5) is 0 Å². The van der Waals surface area contributed by atoms with E-state index in [2.05, 4.69) is 5.10 Å². The number of hydrogen-bond acceptors (Lipinski definition) is 4. The van der Waals surface area contributed by atoms with E-state index in [0.29, 0.717) is 16.6 Å². The Morgan fingerprint density at radius 3 is 2.67 bits per heavy atom. The number of aromatic carboxylic acids is 1. The van der Waals surface area contributed by atoms with Crippen molar-refractivity contribution < 1.29 is 9.90 Å². The van der Waals surface area contributed by atoms with Crippen LogP contribution < -0.4 is 5.11 Å². The highest BCUT2D eigenvalue weighted by Crippen LogP contribution is 2.31. The van der Waals surface area contributed by atoms with Crippen LogP contribution in [0.2, 0.25) is 10.0 Å². The van der Waals surface area contributed by atoms with Crippen molar-refractivity contribution in [2.75, 3.05) is 0 Å². The number of halogens is 2. The van der Waals surface area contributed by atoms with Gasteiger partial charge in [-0.2, -0.15) is 5.10 Å². The Morgan fingerprint density at radius 2 is 2.05 bits per heavy atom. The first-order valence-electron chi connectivity index (χ1n) is 6.08. The third-order valence-electron chi connectivity index (χ3n) is 3.18. The molecule has 0 aliphatic heterocycles. The molecule has 1 aromatic carbocycles. The number of carbonyl (C=O) groups is 1. The van der Waals surface area contributed by atoms with Crippen molar-refractivity contribution in [1.82, 2.24) is 9.78 Å². The Hall–Kier alpha value is -1.56. The van der Waals surface area contributed by atoms with Gasteiger partial charge in [-0.15, -0.1) is 11.3 Å². The third kappa shape index (κ3) is 2.52. The fourth-order valence-corrected chi connectivity index (χ4v) is 3.67. The minimum atomic E-state index is -1.18. The Balaban J connectivity index is 2.10. The Morgan fingerprint density at radius 1 is 1.38 bits per heavy atom. The summed E-state index contributed by atoms with van der Waals surface area (Å²) in [5.41, 5.74) is 1.52. The summed E-state index contributed by atoms with van der Waals surface area (Å²) in [5.74, 6) is -1.18. The number of carboxylic acids is 1. The smallest absolute Gasteiger partial charge is 0.122 e. The monoisotopic (exact) mass is 339 g/mol. The topological polar surface area (TPSA) is 58.0 Å².